The van der Waals surface area contributed by atoms with E-state index in [1.54, 1.807) is 0 Å². The molecule has 2 nitrogen and oxygen atoms in total. The molecule has 0 amide bonds. The third-order valence-electron chi connectivity index (χ3n) is 16.6. The van der Waals surface area contributed by atoms with Crippen molar-refractivity contribution in [1.82, 2.24) is 0 Å². The lowest BCUT2D eigenvalue weighted by molar-refractivity contribution is 0.669. The van der Waals surface area contributed by atoms with E-state index in [1.165, 1.54) is 0 Å². The van der Waals surface area contributed by atoms with E-state index in [9.17, 15) is 11.0 Å². The van der Waals surface area contributed by atoms with Crippen LogP contribution in [0.5, 0.6) is 0 Å². The monoisotopic (exact) mass is 1110 g/mol. The Balaban J connectivity index is 0.000000152. The summed E-state index contributed by atoms with van der Waals surface area (Å²) >= 11 is 0. The predicted molar refractivity (Wildman–Crippen MR) is 365 cm³/mol. The molecule has 0 atom stereocenters. The SMILES string of the molecule is [2H]c1c([2H])c([2H])c2c(-c3ccc4ccccc4c3)c3c([2H])c([2H])c([2H])c([2H])c3c(-c3ccc(-c4ccc5c(c4)oc4ccccc45)cc3)c2c1[2H].[2H]c1c([2H])c([2H])c2c(-c3ccc4ccccc4c3)c3c([2H])c([2H])c([2H])c([2H])c3c(-c3ccc(-c4cccc5c4oc4ccccc45)cc3)c2c1[2H]. The van der Waals surface area contributed by atoms with Gasteiger partial charge in [-0.3, -0.25) is 0 Å². The molecule has 18 rings (SSSR count). The minimum Gasteiger partial charge on any atom is -0.456 e. The smallest absolute Gasteiger partial charge is 0.143 e. The number of rotatable bonds is 6. The average molecular weight is 1110 g/mol. The first kappa shape index (κ1) is 35.6. The molecule has 0 fully saturated rings. The molecule has 0 radical (unpaired) electrons. The molecule has 0 aliphatic carbocycles. The van der Waals surface area contributed by atoms with E-state index in [2.05, 4.69) is 0 Å². The molecule has 16 aromatic carbocycles. The standard InChI is InChI=1S/2C42H26O/c1-2-11-30-26-31(25-20-27(30)10-1)41-36-15-5-3-13-34(36)40(35-14-4-6-16-37(35)41)29-23-21-28(22-24-29)32-17-9-18-38-33-12-7-8-19-39(33)43-42(32)38;1-2-10-30-25-32(22-19-27(30)9-1)42-37-14-5-3-12-35(37)41(36-13-4-6-15-38(36)42)29-20-17-28(18-21-29)31-23-24-34-33-11-7-8-16-39(33)43-40(34)26-31/h2*1-26H/i3D,4D,5D,6D,13D,14D,15D,16D;3D,4D,5D,6D,12D,13D,14D,15D. The van der Waals surface area contributed by atoms with Crippen molar-refractivity contribution >= 4 is 109 Å². The van der Waals surface area contributed by atoms with Gasteiger partial charge in [-0.05, 0) is 162 Å². The van der Waals surface area contributed by atoms with E-state index in [4.69, 9.17) is 19.8 Å². The molecule has 0 spiro atoms. The quantitative estimate of drug-likeness (QED) is 0.155. The van der Waals surface area contributed by atoms with Gasteiger partial charge < -0.3 is 8.83 Å². The highest BCUT2D eigenvalue weighted by molar-refractivity contribution is 6.23. The fraction of sp³-hybridized carbons (Fsp3) is 0. The Hall–Kier alpha value is -11.3. The Morgan fingerprint density at radius 2 is 0.558 bits per heavy atom. The molecule has 0 bridgehead atoms. The van der Waals surface area contributed by atoms with Crippen molar-refractivity contribution in [2.24, 2.45) is 0 Å². The Kier molecular flexibility index (Phi) is 8.38. The number of fused-ring (bicyclic) bond motifs is 12. The molecule has 2 heteroatoms. The zero-order chi connectivity index (χ0) is 70.6. The van der Waals surface area contributed by atoms with Gasteiger partial charge in [-0.25, -0.2) is 0 Å². The highest BCUT2D eigenvalue weighted by Crippen LogP contribution is 2.47. The van der Waals surface area contributed by atoms with E-state index < -0.39 is 48.3 Å². The van der Waals surface area contributed by atoms with Crippen molar-refractivity contribution in [3.63, 3.8) is 0 Å². The Morgan fingerprint density at radius 1 is 0.209 bits per heavy atom. The van der Waals surface area contributed by atoms with Crippen molar-refractivity contribution in [2.75, 3.05) is 0 Å². The van der Waals surface area contributed by atoms with Gasteiger partial charge in [0.2, 0.25) is 0 Å². The summed E-state index contributed by atoms with van der Waals surface area (Å²) in [6, 6.07) is 63.9. The number of hydrogen-bond donors (Lipinski definition) is 0. The zero-order valence-corrected chi connectivity index (χ0v) is 45.6. The van der Waals surface area contributed by atoms with Gasteiger partial charge in [0.15, 0.2) is 0 Å². The predicted octanol–water partition coefficient (Wildman–Crippen LogP) is 24.1. The molecule has 86 heavy (non-hydrogen) atoms. The van der Waals surface area contributed by atoms with E-state index in [1.807, 2.05) is 218 Å². The molecular formula is C84H52O2. The summed E-state index contributed by atoms with van der Waals surface area (Å²) in [6.07, 6.45) is 0. The summed E-state index contributed by atoms with van der Waals surface area (Å²) in [7, 11) is 0. The maximum Gasteiger partial charge on any atom is 0.143 e. The maximum atomic E-state index is 9.23. The van der Waals surface area contributed by atoms with Crippen LogP contribution in [0, 0.1) is 0 Å². The molecular weight excluding hydrogens is 1040 g/mol. The molecule has 400 valence electrons. The molecule has 0 unspecified atom stereocenters. The molecule has 0 N–H and O–H groups in total. The van der Waals surface area contributed by atoms with Crippen molar-refractivity contribution in [3.05, 3.63) is 315 Å². The van der Waals surface area contributed by atoms with Gasteiger partial charge in [0, 0.05) is 27.1 Å². The van der Waals surface area contributed by atoms with Crippen LogP contribution in [0.2, 0.25) is 0 Å². The molecule has 18 aromatic rings. The van der Waals surface area contributed by atoms with E-state index >= 15 is 0 Å². The van der Waals surface area contributed by atoms with Crippen LogP contribution < -0.4 is 0 Å². The summed E-state index contributed by atoms with van der Waals surface area (Å²) in [5.41, 5.74) is 10.2. The normalized spacial score (nSPS) is 14.3. The largest absolute Gasteiger partial charge is 0.456 e. The molecule has 2 heterocycles. The van der Waals surface area contributed by atoms with Crippen LogP contribution in [-0.4, -0.2) is 0 Å². The highest BCUT2D eigenvalue weighted by Gasteiger charge is 2.20. The van der Waals surface area contributed by atoms with Crippen LogP contribution in [-0.2, 0) is 0 Å². The van der Waals surface area contributed by atoms with Crippen molar-refractivity contribution in [2.45, 2.75) is 0 Å². The minimum absolute atomic E-state index is 0.189. The summed E-state index contributed by atoms with van der Waals surface area (Å²) < 4.78 is 156. The highest BCUT2D eigenvalue weighted by atomic mass is 16.3. The zero-order valence-electron chi connectivity index (χ0n) is 61.6. The Morgan fingerprint density at radius 3 is 1.05 bits per heavy atom. The van der Waals surface area contributed by atoms with Crippen LogP contribution in [0.15, 0.2) is 324 Å². The summed E-state index contributed by atoms with van der Waals surface area (Å²) in [5.74, 6) is 0. The lowest BCUT2D eigenvalue weighted by Gasteiger charge is -2.18. The van der Waals surface area contributed by atoms with Gasteiger partial charge in [-0.2, -0.15) is 0 Å². The van der Waals surface area contributed by atoms with Crippen LogP contribution in [0.3, 0.4) is 0 Å². The van der Waals surface area contributed by atoms with E-state index in [-0.39, 0.29) is 91.4 Å². The van der Waals surface area contributed by atoms with Crippen LogP contribution in [0.1, 0.15) is 21.9 Å². The van der Waals surface area contributed by atoms with E-state index in [0.29, 0.717) is 44.5 Å². The number of para-hydroxylation sites is 3. The van der Waals surface area contributed by atoms with Crippen LogP contribution >= 0.6 is 0 Å². The fourth-order valence-electron chi connectivity index (χ4n) is 12.6. The minimum atomic E-state index is -0.424. The van der Waals surface area contributed by atoms with Crippen LogP contribution in [0.4, 0.5) is 0 Å². The topological polar surface area (TPSA) is 26.3 Å². The second kappa shape index (κ2) is 20.2. The van der Waals surface area contributed by atoms with E-state index in [0.717, 1.165) is 87.7 Å². The maximum absolute atomic E-state index is 9.23. The summed E-state index contributed by atoms with van der Waals surface area (Å²) in [6.45, 7) is 0. The number of furan rings is 2. The Labute approximate surface area is 519 Å². The fourth-order valence-corrected chi connectivity index (χ4v) is 12.6. The second-order valence-corrected chi connectivity index (χ2v) is 21.4. The van der Waals surface area contributed by atoms with Gasteiger partial charge in [-0.15, -0.1) is 0 Å². The average Bonchev–Trinajstić information content (AvgIpc) is 0.865. The first-order chi connectivity index (χ1) is 49.3. The summed E-state index contributed by atoms with van der Waals surface area (Å²) in [4.78, 5) is 0. The third-order valence-corrected chi connectivity index (χ3v) is 16.6. The Bertz CT molecular complexity index is 6540. The second-order valence-electron chi connectivity index (χ2n) is 21.4. The van der Waals surface area contributed by atoms with Gasteiger partial charge in [0.05, 0.1) is 21.9 Å². The number of hydrogen-bond acceptors (Lipinski definition) is 2. The van der Waals surface area contributed by atoms with Crippen molar-refractivity contribution in [3.8, 4) is 66.8 Å². The molecule has 0 aliphatic rings. The molecule has 2 aromatic heterocycles. The molecule has 0 saturated carbocycles. The summed E-state index contributed by atoms with van der Waals surface area (Å²) in [5, 5.41) is 9.30. The third kappa shape index (κ3) is 8.18. The molecule has 0 saturated heterocycles. The first-order valence-corrected chi connectivity index (χ1v) is 28.2. The first-order valence-electron chi connectivity index (χ1n) is 36.2. The number of benzene rings is 16. The van der Waals surface area contributed by atoms with Gasteiger partial charge in [-0.1, -0.05) is 279 Å². The molecule has 0 aliphatic heterocycles. The van der Waals surface area contributed by atoms with Crippen molar-refractivity contribution < 1.29 is 30.8 Å². The van der Waals surface area contributed by atoms with Crippen LogP contribution in [0.25, 0.3) is 175 Å². The van der Waals surface area contributed by atoms with Gasteiger partial charge in [0.25, 0.3) is 0 Å². The lowest BCUT2D eigenvalue weighted by atomic mass is 9.85. The van der Waals surface area contributed by atoms with Gasteiger partial charge >= 0.3 is 0 Å². The van der Waals surface area contributed by atoms with Gasteiger partial charge in [0.1, 0.15) is 22.3 Å². The van der Waals surface area contributed by atoms with Crippen molar-refractivity contribution in [1.29, 1.82) is 0 Å². The lowest BCUT2D eigenvalue weighted by Crippen LogP contribution is -1.91.